The number of phenolic OH excluding ortho intramolecular Hbond substituents is 1. The molecule has 1 heterocycles. The maximum absolute atomic E-state index is 11.3. The number of phenols is 1. The Morgan fingerprint density at radius 3 is 2.31 bits per heavy atom. The summed E-state index contributed by atoms with van der Waals surface area (Å²) in [6.07, 6.45) is -0.942. The van der Waals surface area contributed by atoms with E-state index in [9.17, 15) is 10.2 Å². The van der Waals surface area contributed by atoms with Crippen molar-refractivity contribution in [2.45, 2.75) is 18.6 Å². The first kappa shape index (κ1) is 16.3. The van der Waals surface area contributed by atoms with Gasteiger partial charge in [0, 0.05) is 5.56 Å². The third kappa shape index (κ3) is 2.45. The lowest BCUT2D eigenvalue weighted by Gasteiger charge is -2.36. The molecule has 0 fully saturated rings. The quantitative estimate of drug-likeness (QED) is 0.592. The number of hydrogen-bond acceptors (Lipinski definition) is 4. The van der Waals surface area contributed by atoms with E-state index in [0.717, 1.165) is 16.6 Å². The van der Waals surface area contributed by atoms with Crippen LogP contribution in [0.15, 0.2) is 78.9 Å². The Labute approximate surface area is 151 Å². The Kier molecular flexibility index (Phi) is 3.93. The lowest BCUT2D eigenvalue weighted by molar-refractivity contribution is 0.0629. The van der Waals surface area contributed by atoms with Crippen molar-refractivity contribution in [2.75, 3.05) is 0 Å². The second kappa shape index (κ2) is 6.28. The van der Waals surface area contributed by atoms with Gasteiger partial charge in [0.05, 0.1) is 5.52 Å². The van der Waals surface area contributed by atoms with Crippen LogP contribution in [0.5, 0.6) is 5.75 Å². The molecule has 1 aromatic heterocycles. The molecule has 0 bridgehead atoms. The third-order valence-corrected chi connectivity index (χ3v) is 4.89. The van der Waals surface area contributed by atoms with Gasteiger partial charge in [-0.2, -0.15) is 0 Å². The fourth-order valence-electron chi connectivity index (χ4n) is 3.45. The van der Waals surface area contributed by atoms with Gasteiger partial charge in [0.25, 0.3) is 0 Å². The number of hydrogen-bond donors (Lipinski definition) is 2. The van der Waals surface area contributed by atoms with Crippen LogP contribution in [0.1, 0.15) is 24.2 Å². The number of aromatic nitrogens is 3. The van der Waals surface area contributed by atoms with Crippen molar-refractivity contribution in [1.82, 2.24) is 15.0 Å². The SMILES string of the molecule is CC(c1ccccc1O)(C(O)c1ccccc1)n1nnc2ccccc21. The van der Waals surface area contributed by atoms with Crippen LogP contribution in [-0.4, -0.2) is 25.2 Å². The summed E-state index contributed by atoms with van der Waals surface area (Å²) in [4.78, 5) is 0. The number of rotatable bonds is 4. The summed E-state index contributed by atoms with van der Waals surface area (Å²) in [6, 6.07) is 24.0. The highest BCUT2D eigenvalue weighted by Crippen LogP contribution is 2.43. The molecule has 0 aliphatic carbocycles. The number of aliphatic hydroxyl groups excluding tert-OH is 1. The smallest absolute Gasteiger partial charge is 0.121 e. The first-order valence-electron chi connectivity index (χ1n) is 8.45. The molecule has 0 saturated carbocycles. The summed E-state index contributed by atoms with van der Waals surface area (Å²) in [6.45, 7) is 1.86. The van der Waals surface area contributed by atoms with E-state index in [0.29, 0.717) is 5.56 Å². The molecule has 2 atom stereocenters. The van der Waals surface area contributed by atoms with Gasteiger partial charge in [-0.15, -0.1) is 5.10 Å². The van der Waals surface area contributed by atoms with Crippen molar-refractivity contribution in [1.29, 1.82) is 0 Å². The van der Waals surface area contributed by atoms with Crippen molar-refractivity contribution in [3.05, 3.63) is 90.0 Å². The Bertz CT molecular complexity index is 1050. The number of para-hydroxylation sites is 2. The number of nitrogens with zero attached hydrogens (tertiary/aromatic N) is 3. The van der Waals surface area contributed by atoms with E-state index < -0.39 is 11.6 Å². The summed E-state index contributed by atoms with van der Waals surface area (Å²) in [5.74, 6) is 0.101. The van der Waals surface area contributed by atoms with Gasteiger partial charge in [0.2, 0.25) is 0 Å². The third-order valence-electron chi connectivity index (χ3n) is 4.89. The van der Waals surface area contributed by atoms with Crippen molar-refractivity contribution in [3.63, 3.8) is 0 Å². The zero-order chi connectivity index (χ0) is 18.1. The molecule has 0 aliphatic rings. The topological polar surface area (TPSA) is 71.2 Å². The van der Waals surface area contributed by atoms with E-state index >= 15 is 0 Å². The van der Waals surface area contributed by atoms with Gasteiger partial charge in [-0.1, -0.05) is 65.9 Å². The van der Waals surface area contributed by atoms with Crippen LogP contribution in [0.3, 0.4) is 0 Å². The van der Waals surface area contributed by atoms with Crippen molar-refractivity contribution < 1.29 is 10.2 Å². The molecule has 0 aliphatic heterocycles. The van der Waals surface area contributed by atoms with Crippen LogP contribution in [0.2, 0.25) is 0 Å². The average Bonchev–Trinajstić information content (AvgIpc) is 3.12. The summed E-state index contributed by atoms with van der Waals surface area (Å²) < 4.78 is 1.69. The highest BCUT2D eigenvalue weighted by Gasteiger charge is 2.41. The van der Waals surface area contributed by atoms with E-state index in [1.165, 1.54) is 0 Å². The van der Waals surface area contributed by atoms with Crippen molar-refractivity contribution >= 4 is 11.0 Å². The minimum absolute atomic E-state index is 0.101. The molecule has 5 heteroatoms. The minimum Gasteiger partial charge on any atom is -0.508 e. The zero-order valence-electron chi connectivity index (χ0n) is 14.3. The normalized spacial score (nSPS) is 14.8. The summed E-state index contributed by atoms with van der Waals surface area (Å²) >= 11 is 0. The fraction of sp³-hybridized carbons (Fsp3) is 0.143. The fourth-order valence-corrected chi connectivity index (χ4v) is 3.45. The highest BCUT2D eigenvalue weighted by atomic mass is 16.3. The Morgan fingerprint density at radius 1 is 0.885 bits per heavy atom. The maximum Gasteiger partial charge on any atom is 0.121 e. The molecule has 2 unspecified atom stereocenters. The van der Waals surface area contributed by atoms with Crippen LogP contribution in [0.25, 0.3) is 11.0 Å². The van der Waals surface area contributed by atoms with Crippen LogP contribution < -0.4 is 0 Å². The van der Waals surface area contributed by atoms with E-state index in [4.69, 9.17) is 0 Å². The Balaban J connectivity index is 2.00. The average molecular weight is 345 g/mol. The lowest BCUT2D eigenvalue weighted by Crippen LogP contribution is -2.39. The molecule has 5 nitrogen and oxygen atoms in total. The van der Waals surface area contributed by atoms with E-state index in [2.05, 4.69) is 10.3 Å². The zero-order valence-corrected chi connectivity index (χ0v) is 14.3. The van der Waals surface area contributed by atoms with Gasteiger partial charge >= 0.3 is 0 Å². The van der Waals surface area contributed by atoms with Gasteiger partial charge in [0.1, 0.15) is 22.9 Å². The first-order valence-corrected chi connectivity index (χ1v) is 8.45. The molecule has 0 radical (unpaired) electrons. The maximum atomic E-state index is 11.3. The van der Waals surface area contributed by atoms with Gasteiger partial charge in [0.15, 0.2) is 0 Å². The van der Waals surface area contributed by atoms with Crippen LogP contribution >= 0.6 is 0 Å². The van der Waals surface area contributed by atoms with Crippen LogP contribution in [0.4, 0.5) is 0 Å². The number of aliphatic hydroxyl groups is 1. The van der Waals surface area contributed by atoms with E-state index in [-0.39, 0.29) is 5.75 Å². The predicted octanol–water partition coefficient (Wildman–Crippen LogP) is 3.63. The Hall–Kier alpha value is -3.18. The molecule has 0 saturated heterocycles. The second-order valence-electron chi connectivity index (χ2n) is 6.47. The van der Waals surface area contributed by atoms with Crippen molar-refractivity contribution in [3.8, 4) is 5.75 Å². The summed E-state index contributed by atoms with van der Waals surface area (Å²) in [5.41, 5.74) is 1.77. The molecule has 0 spiro atoms. The van der Waals surface area contributed by atoms with Gasteiger partial charge in [-0.25, -0.2) is 4.68 Å². The number of fused-ring (bicyclic) bond motifs is 1. The highest BCUT2D eigenvalue weighted by molar-refractivity contribution is 5.74. The van der Waals surface area contributed by atoms with Crippen LogP contribution in [0, 0.1) is 0 Å². The van der Waals surface area contributed by atoms with Crippen LogP contribution in [-0.2, 0) is 5.54 Å². The standard InChI is InChI=1S/C21H19N3O2/c1-21(16-11-5-8-14-19(16)25,20(26)15-9-3-2-4-10-15)24-18-13-7-6-12-17(18)22-23-24/h2-14,20,25-26H,1H3. The van der Waals surface area contributed by atoms with Crippen molar-refractivity contribution in [2.24, 2.45) is 0 Å². The molecule has 0 amide bonds. The molecular formula is C21H19N3O2. The van der Waals surface area contributed by atoms with E-state index in [1.54, 1.807) is 22.9 Å². The second-order valence-corrected chi connectivity index (χ2v) is 6.47. The summed E-state index contributed by atoms with van der Waals surface area (Å²) in [7, 11) is 0. The molecule has 4 rings (SSSR count). The Morgan fingerprint density at radius 2 is 1.54 bits per heavy atom. The molecule has 4 aromatic rings. The summed E-state index contributed by atoms with van der Waals surface area (Å²) in [5, 5.41) is 30.5. The predicted molar refractivity (Wildman–Crippen MR) is 99.8 cm³/mol. The first-order chi connectivity index (χ1) is 12.6. The molecule has 3 aromatic carbocycles. The van der Waals surface area contributed by atoms with Gasteiger partial charge in [-0.3, -0.25) is 0 Å². The number of benzene rings is 3. The number of aromatic hydroxyl groups is 1. The van der Waals surface area contributed by atoms with Gasteiger partial charge < -0.3 is 10.2 Å². The minimum atomic E-state index is -1.05. The molecule has 26 heavy (non-hydrogen) atoms. The largest absolute Gasteiger partial charge is 0.508 e. The van der Waals surface area contributed by atoms with E-state index in [1.807, 2.05) is 67.6 Å². The molecule has 130 valence electrons. The molecule has 2 N–H and O–H groups in total. The van der Waals surface area contributed by atoms with Gasteiger partial charge in [-0.05, 0) is 30.7 Å². The monoisotopic (exact) mass is 345 g/mol. The molecular weight excluding hydrogens is 326 g/mol. The lowest BCUT2D eigenvalue weighted by atomic mass is 9.82.